The number of ketones is 1. The third-order valence-corrected chi connectivity index (χ3v) is 3.18. The normalized spacial score (nSPS) is 11.0. The maximum absolute atomic E-state index is 12.2. The molecular formula is C18H19NO2. The first-order valence-electron chi connectivity index (χ1n) is 6.83. The van der Waals surface area contributed by atoms with Gasteiger partial charge in [0.2, 0.25) is 0 Å². The van der Waals surface area contributed by atoms with E-state index in [1.54, 1.807) is 37.6 Å². The van der Waals surface area contributed by atoms with E-state index in [1.807, 2.05) is 37.3 Å². The fraction of sp³-hybridized carbons (Fsp3) is 0.167. The second-order valence-corrected chi connectivity index (χ2v) is 4.75. The van der Waals surface area contributed by atoms with Crippen LogP contribution in [0.5, 0.6) is 5.75 Å². The van der Waals surface area contributed by atoms with Crippen molar-refractivity contribution in [2.75, 3.05) is 7.11 Å². The lowest BCUT2D eigenvalue weighted by molar-refractivity contribution is 0.103. The number of nitrogens with one attached hydrogen (secondary N) is 1. The summed E-state index contributed by atoms with van der Waals surface area (Å²) in [6.07, 6.45) is 1.76. The Hall–Kier alpha value is -2.55. The molecule has 2 aromatic carbocycles. The van der Waals surface area contributed by atoms with Crippen LogP contribution in [0.4, 0.5) is 0 Å². The van der Waals surface area contributed by atoms with Crippen LogP contribution in [-0.2, 0) is 6.54 Å². The van der Waals surface area contributed by atoms with Crippen LogP contribution in [0, 0.1) is 0 Å². The number of Topliss-reactive ketones (excluding diaryl/α,β-unsaturated/α-hetero) is 1. The zero-order valence-electron chi connectivity index (χ0n) is 12.3. The summed E-state index contributed by atoms with van der Waals surface area (Å²) in [4.78, 5) is 12.2. The highest BCUT2D eigenvalue weighted by atomic mass is 16.5. The van der Waals surface area contributed by atoms with Gasteiger partial charge in [0.1, 0.15) is 5.75 Å². The molecule has 0 aliphatic heterocycles. The number of carbonyl (C=O) groups excluding carboxylic acids is 1. The van der Waals surface area contributed by atoms with E-state index < -0.39 is 0 Å². The van der Waals surface area contributed by atoms with E-state index in [-0.39, 0.29) is 5.78 Å². The molecule has 108 valence electrons. The van der Waals surface area contributed by atoms with Crippen molar-refractivity contribution in [3.05, 3.63) is 77.5 Å². The highest BCUT2D eigenvalue weighted by molar-refractivity contribution is 6.08. The van der Waals surface area contributed by atoms with E-state index in [2.05, 4.69) is 5.32 Å². The Bertz CT molecular complexity index is 615. The summed E-state index contributed by atoms with van der Waals surface area (Å²) in [5.74, 6) is 0.758. The largest absolute Gasteiger partial charge is 0.497 e. The molecule has 0 aromatic heterocycles. The topological polar surface area (TPSA) is 38.3 Å². The van der Waals surface area contributed by atoms with Crippen LogP contribution >= 0.6 is 0 Å². The van der Waals surface area contributed by atoms with Crippen molar-refractivity contribution in [1.82, 2.24) is 5.32 Å². The Labute approximate surface area is 125 Å². The number of ether oxygens (including phenoxy) is 1. The molecule has 1 N–H and O–H groups in total. The monoisotopic (exact) mass is 281 g/mol. The van der Waals surface area contributed by atoms with Crippen molar-refractivity contribution in [2.24, 2.45) is 0 Å². The van der Waals surface area contributed by atoms with Gasteiger partial charge >= 0.3 is 0 Å². The molecule has 0 heterocycles. The van der Waals surface area contributed by atoms with Crippen LogP contribution in [0.25, 0.3) is 0 Å². The summed E-state index contributed by atoms with van der Waals surface area (Å²) < 4.78 is 5.09. The van der Waals surface area contributed by atoms with E-state index in [0.717, 1.165) is 5.75 Å². The fourth-order valence-electron chi connectivity index (χ4n) is 1.95. The average molecular weight is 281 g/mol. The Morgan fingerprint density at radius 3 is 2.38 bits per heavy atom. The number of allylic oxidation sites excluding steroid dienone is 1. The van der Waals surface area contributed by atoms with Gasteiger partial charge in [-0.2, -0.15) is 0 Å². The van der Waals surface area contributed by atoms with Gasteiger partial charge in [-0.05, 0) is 36.8 Å². The maximum Gasteiger partial charge on any atom is 0.190 e. The summed E-state index contributed by atoms with van der Waals surface area (Å²) in [6.45, 7) is 2.51. The summed E-state index contributed by atoms with van der Waals surface area (Å²) in [6, 6.07) is 17.2. The van der Waals surface area contributed by atoms with E-state index in [4.69, 9.17) is 4.74 Å². The highest BCUT2D eigenvalue weighted by Gasteiger charge is 2.07. The Morgan fingerprint density at radius 2 is 1.76 bits per heavy atom. The van der Waals surface area contributed by atoms with E-state index in [9.17, 15) is 4.79 Å². The maximum atomic E-state index is 12.2. The predicted octanol–water partition coefficient (Wildman–Crippen LogP) is 3.57. The molecule has 0 aliphatic carbocycles. The van der Waals surface area contributed by atoms with Crippen LogP contribution in [-0.4, -0.2) is 12.9 Å². The third kappa shape index (κ3) is 4.21. The minimum Gasteiger partial charge on any atom is -0.497 e. The van der Waals surface area contributed by atoms with Gasteiger partial charge in [-0.3, -0.25) is 4.79 Å². The van der Waals surface area contributed by atoms with Crippen molar-refractivity contribution in [2.45, 2.75) is 13.5 Å². The first-order valence-corrected chi connectivity index (χ1v) is 6.83. The van der Waals surface area contributed by atoms with Crippen molar-refractivity contribution < 1.29 is 9.53 Å². The summed E-state index contributed by atoms with van der Waals surface area (Å²) in [7, 11) is 1.61. The molecule has 0 unspecified atom stereocenters. The first kappa shape index (κ1) is 14.9. The summed E-state index contributed by atoms with van der Waals surface area (Å²) >= 11 is 0. The zero-order valence-corrected chi connectivity index (χ0v) is 12.3. The van der Waals surface area contributed by atoms with Gasteiger partial charge in [0, 0.05) is 23.9 Å². The summed E-state index contributed by atoms with van der Waals surface area (Å²) in [5, 5.41) is 3.17. The van der Waals surface area contributed by atoms with E-state index >= 15 is 0 Å². The second-order valence-electron chi connectivity index (χ2n) is 4.75. The molecule has 0 aliphatic rings. The average Bonchev–Trinajstić information content (AvgIpc) is 2.55. The second kappa shape index (κ2) is 7.29. The molecule has 2 aromatic rings. The molecule has 0 saturated carbocycles. The molecule has 0 radical (unpaired) electrons. The zero-order chi connectivity index (χ0) is 15.1. The van der Waals surface area contributed by atoms with Crippen LogP contribution in [0.2, 0.25) is 0 Å². The fourth-order valence-corrected chi connectivity index (χ4v) is 1.95. The number of benzene rings is 2. The van der Waals surface area contributed by atoms with Crippen molar-refractivity contribution >= 4 is 5.78 Å². The molecule has 3 nitrogen and oxygen atoms in total. The Morgan fingerprint density at radius 1 is 1.10 bits per heavy atom. The van der Waals surface area contributed by atoms with Gasteiger partial charge in [0.25, 0.3) is 0 Å². The minimum atomic E-state index is 0.0122. The van der Waals surface area contributed by atoms with Gasteiger partial charge in [-0.1, -0.05) is 30.3 Å². The van der Waals surface area contributed by atoms with Crippen molar-refractivity contribution in [3.8, 4) is 5.75 Å². The molecule has 2 rings (SSSR count). The number of methoxy groups -OCH3 is 1. The standard InChI is InChI=1S/C18H19NO2/c1-14(12-19-13-15-6-4-3-5-7-15)18(20)16-8-10-17(21-2)11-9-16/h3-12,19H,13H2,1-2H3. The first-order chi connectivity index (χ1) is 10.2. The van der Waals surface area contributed by atoms with Gasteiger partial charge in [-0.25, -0.2) is 0 Å². The SMILES string of the molecule is COc1ccc(C(=O)C(C)=CNCc2ccccc2)cc1. The Kier molecular flexibility index (Phi) is 5.16. The Balaban J connectivity index is 1.96. The molecule has 0 spiro atoms. The molecular weight excluding hydrogens is 262 g/mol. The number of carbonyl (C=O) groups is 1. The van der Waals surface area contributed by atoms with Crippen LogP contribution in [0.1, 0.15) is 22.8 Å². The molecule has 21 heavy (non-hydrogen) atoms. The smallest absolute Gasteiger partial charge is 0.190 e. The van der Waals surface area contributed by atoms with Gasteiger partial charge in [-0.15, -0.1) is 0 Å². The predicted molar refractivity (Wildman–Crippen MR) is 84.4 cm³/mol. The number of hydrogen-bond acceptors (Lipinski definition) is 3. The van der Waals surface area contributed by atoms with Gasteiger partial charge < -0.3 is 10.1 Å². The molecule has 0 atom stereocenters. The lowest BCUT2D eigenvalue weighted by Gasteiger charge is -2.05. The van der Waals surface area contributed by atoms with Crippen molar-refractivity contribution in [3.63, 3.8) is 0 Å². The van der Waals surface area contributed by atoms with Gasteiger partial charge in [0.15, 0.2) is 5.78 Å². The quantitative estimate of drug-likeness (QED) is 0.650. The highest BCUT2D eigenvalue weighted by Crippen LogP contribution is 2.14. The van der Waals surface area contributed by atoms with E-state index in [1.165, 1.54) is 5.56 Å². The van der Waals surface area contributed by atoms with Crippen molar-refractivity contribution in [1.29, 1.82) is 0 Å². The lowest BCUT2D eigenvalue weighted by atomic mass is 10.1. The summed E-state index contributed by atoms with van der Waals surface area (Å²) in [5.41, 5.74) is 2.51. The van der Waals surface area contributed by atoms with Crippen LogP contribution < -0.4 is 10.1 Å². The molecule has 0 amide bonds. The van der Waals surface area contributed by atoms with Crippen LogP contribution in [0.3, 0.4) is 0 Å². The number of hydrogen-bond donors (Lipinski definition) is 1. The minimum absolute atomic E-state index is 0.0122. The molecule has 0 bridgehead atoms. The van der Waals surface area contributed by atoms with E-state index in [0.29, 0.717) is 17.7 Å². The molecule has 0 fully saturated rings. The lowest BCUT2D eigenvalue weighted by Crippen LogP contribution is -2.09. The third-order valence-electron chi connectivity index (χ3n) is 3.18. The van der Waals surface area contributed by atoms with Crippen LogP contribution in [0.15, 0.2) is 66.4 Å². The molecule has 3 heteroatoms. The molecule has 0 saturated heterocycles. The number of rotatable bonds is 6. The van der Waals surface area contributed by atoms with Gasteiger partial charge in [0.05, 0.1) is 7.11 Å².